The van der Waals surface area contributed by atoms with Crippen LogP contribution in [-0.4, -0.2) is 49.9 Å². The first-order valence-electron chi connectivity index (χ1n) is 10.4. The van der Waals surface area contributed by atoms with Crippen molar-refractivity contribution in [2.75, 3.05) is 6.61 Å². The van der Waals surface area contributed by atoms with E-state index < -0.39 is 42.7 Å². The van der Waals surface area contributed by atoms with Crippen molar-refractivity contribution in [1.82, 2.24) is 0 Å². The molecular weight excluding hydrogens is 411 g/mol. The molecule has 166 valence electrons. The minimum absolute atomic E-state index is 0.0284. The Morgan fingerprint density at radius 3 is 2.67 bits per heavy atom. The molecule has 4 aliphatic carbocycles. The summed E-state index contributed by atoms with van der Waals surface area (Å²) in [5, 5.41) is 22.6. The van der Waals surface area contributed by atoms with Gasteiger partial charge in [0.25, 0.3) is 0 Å². The molecule has 4 N–H and O–H groups in total. The summed E-state index contributed by atoms with van der Waals surface area (Å²) in [5.74, 6) is -0.888. The number of fused-ring (bicyclic) bond motifs is 5. The highest BCUT2D eigenvalue weighted by Gasteiger charge is 2.68. The predicted molar refractivity (Wildman–Crippen MR) is 106 cm³/mol. The molecule has 0 radical (unpaired) electrons. The van der Waals surface area contributed by atoms with E-state index in [1.54, 1.807) is 19.1 Å². The second-order valence-electron chi connectivity index (χ2n) is 9.80. The summed E-state index contributed by atoms with van der Waals surface area (Å²) in [5.41, 5.74) is -2.15. The van der Waals surface area contributed by atoms with Gasteiger partial charge in [0.15, 0.2) is 11.6 Å². The van der Waals surface area contributed by atoms with Crippen LogP contribution < -0.4 is 0 Å². The van der Waals surface area contributed by atoms with Gasteiger partial charge in [-0.05, 0) is 56.1 Å². The monoisotopic (exact) mass is 440 g/mol. The molecule has 0 bridgehead atoms. The normalized spacial score (nSPS) is 45.4. The van der Waals surface area contributed by atoms with Crippen molar-refractivity contribution in [3.05, 3.63) is 23.8 Å². The lowest BCUT2D eigenvalue weighted by Crippen LogP contribution is -2.61. The first kappa shape index (κ1) is 22.1. The van der Waals surface area contributed by atoms with Gasteiger partial charge in [-0.15, -0.1) is 0 Å². The number of phosphoric ester groups is 1. The van der Waals surface area contributed by atoms with Crippen molar-refractivity contribution in [2.45, 2.75) is 57.7 Å². The van der Waals surface area contributed by atoms with Crippen molar-refractivity contribution < 1.29 is 38.7 Å². The zero-order valence-electron chi connectivity index (χ0n) is 17.2. The number of Topliss-reactive ketones (excluding diaryl/α,β-unsaturated/α-hetero) is 1. The van der Waals surface area contributed by atoms with Crippen LogP contribution in [0.4, 0.5) is 0 Å². The number of phosphoric acid groups is 1. The van der Waals surface area contributed by atoms with Gasteiger partial charge < -0.3 is 20.0 Å². The summed E-state index contributed by atoms with van der Waals surface area (Å²) in [4.78, 5) is 42.5. The number of carbonyl (C=O) groups excluding carboxylic acids is 2. The Hall–Kier alpha value is -1.15. The van der Waals surface area contributed by atoms with E-state index in [4.69, 9.17) is 9.79 Å². The molecule has 3 fully saturated rings. The number of carbonyl (C=O) groups is 2. The highest BCUT2D eigenvalue weighted by atomic mass is 31.2. The molecule has 4 aliphatic rings. The smallest absolute Gasteiger partial charge is 0.393 e. The molecule has 9 heteroatoms. The number of aliphatic hydroxyl groups excluding tert-OH is 1. The molecule has 7 atom stereocenters. The van der Waals surface area contributed by atoms with Gasteiger partial charge in [-0.3, -0.25) is 14.1 Å². The van der Waals surface area contributed by atoms with Crippen LogP contribution in [0.5, 0.6) is 0 Å². The maximum Gasteiger partial charge on any atom is 0.470 e. The SMILES string of the molecule is C[C@]12C=CC(=O)C=C1CC[C@@H]1[C@@H]2[C@@H](O)C[C@@]2(C)[C@H]1CC[C@@]2(O)C(=O)COP(=O)(O)O. The molecule has 8 nitrogen and oxygen atoms in total. The molecule has 0 spiro atoms. The number of hydrogen-bond donors (Lipinski definition) is 4. The van der Waals surface area contributed by atoms with E-state index in [0.29, 0.717) is 6.42 Å². The minimum atomic E-state index is -4.84. The average molecular weight is 440 g/mol. The van der Waals surface area contributed by atoms with Gasteiger partial charge in [-0.25, -0.2) is 4.57 Å². The van der Waals surface area contributed by atoms with Crippen molar-refractivity contribution >= 4 is 19.4 Å². The van der Waals surface area contributed by atoms with Crippen molar-refractivity contribution in [2.24, 2.45) is 28.6 Å². The van der Waals surface area contributed by atoms with Crippen molar-refractivity contribution in [3.8, 4) is 0 Å². The zero-order chi connectivity index (χ0) is 22.1. The lowest BCUT2D eigenvalue weighted by Gasteiger charge is -2.59. The Kier molecular flexibility index (Phi) is 5.09. The summed E-state index contributed by atoms with van der Waals surface area (Å²) in [6.45, 7) is 2.97. The number of allylic oxidation sites excluding steroid dienone is 4. The van der Waals surface area contributed by atoms with Gasteiger partial charge >= 0.3 is 7.82 Å². The fourth-order valence-corrected chi connectivity index (χ4v) is 7.34. The quantitative estimate of drug-likeness (QED) is 0.484. The highest BCUT2D eigenvalue weighted by molar-refractivity contribution is 7.46. The summed E-state index contributed by atoms with van der Waals surface area (Å²) in [7, 11) is -4.84. The molecule has 0 unspecified atom stereocenters. The van der Waals surface area contributed by atoms with E-state index in [0.717, 1.165) is 18.4 Å². The van der Waals surface area contributed by atoms with Gasteiger partial charge in [0.1, 0.15) is 12.2 Å². The largest absolute Gasteiger partial charge is 0.470 e. The van der Waals surface area contributed by atoms with Crippen molar-refractivity contribution in [3.63, 3.8) is 0 Å². The minimum Gasteiger partial charge on any atom is -0.393 e. The fourth-order valence-electron chi connectivity index (χ4n) is 7.05. The molecule has 0 amide bonds. The molecule has 30 heavy (non-hydrogen) atoms. The Labute approximate surface area is 175 Å². The first-order valence-corrected chi connectivity index (χ1v) is 11.9. The van der Waals surface area contributed by atoms with Gasteiger partial charge in [0, 0.05) is 16.7 Å². The maximum atomic E-state index is 12.8. The second kappa shape index (κ2) is 6.92. The first-order chi connectivity index (χ1) is 13.8. The van der Waals surface area contributed by atoms with Gasteiger partial charge in [0.2, 0.25) is 0 Å². The van der Waals surface area contributed by atoms with Gasteiger partial charge in [-0.2, -0.15) is 0 Å². The molecular formula is C21H29O8P. The van der Waals surface area contributed by atoms with E-state index in [2.05, 4.69) is 4.52 Å². The summed E-state index contributed by atoms with van der Waals surface area (Å²) < 4.78 is 15.4. The molecule has 0 aliphatic heterocycles. The number of ketones is 2. The molecule has 0 aromatic heterocycles. The van der Waals surface area contributed by atoms with Crippen LogP contribution in [0.25, 0.3) is 0 Å². The van der Waals surface area contributed by atoms with E-state index in [-0.39, 0.29) is 36.4 Å². The third kappa shape index (κ3) is 3.12. The topological polar surface area (TPSA) is 141 Å². The van der Waals surface area contributed by atoms with Crippen molar-refractivity contribution in [1.29, 1.82) is 0 Å². The number of rotatable bonds is 4. The number of hydrogen-bond acceptors (Lipinski definition) is 6. The number of aliphatic hydroxyl groups is 2. The van der Waals surface area contributed by atoms with Gasteiger partial charge in [-0.1, -0.05) is 25.5 Å². The van der Waals surface area contributed by atoms with E-state index in [1.807, 2.05) is 13.0 Å². The Morgan fingerprint density at radius 1 is 1.30 bits per heavy atom. The lowest BCUT2D eigenvalue weighted by molar-refractivity contribution is -0.178. The lowest BCUT2D eigenvalue weighted by atomic mass is 9.46. The van der Waals surface area contributed by atoms with Crippen LogP contribution in [-0.2, 0) is 18.7 Å². The van der Waals surface area contributed by atoms with Crippen LogP contribution in [0, 0.1) is 28.6 Å². The van der Waals surface area contributed by atoms with Crippen LogP contribution in [0.2, 0.25) is 0 Å². The van der Waals surface area contributed by atoms with E-state index in [1.165, 1.54) is 0 Å². The standard InChI is InChI=1S/C21H29O8P/c1-19-7-5-13(22)9-12(19)3-4-14-15-6-8-21(25,17(24)11-29-30(26,27)28)20(15,2)10-16(23)18(14)19/h5,7,9,14-16,18,23,25H,3-4,6,8,10-11H2,1-2H3,(H2,26,27,28)/t14-,15-,16-,18+,19-,20-,21+/m0/s1. The van der Waals surface area contributed by atoms with Crippen LogP contribution in [0.3, 0.4) is 0 Å². The molecule has 3 saturated carbocycles. The summed E-state index contributed by atoms with van der Waals surface area (Å²) in [6, 6.07) is 0. The van der Waals surface area contributed by atoms with Crippen LogP contribution in [0.1, 0.15) is 46.0 Å². The van der Waals surface area contributed by atoms with Crippen LogP contribution >= 0.6 is 7.82 Å². The molecule has 0 aromatic carbocycles. The summed E-state index contributed by atoms with van der Waals surface area (Å²) >= 11 is 0. The van der Waals surface area contributed by atoms with Crippen LogP contribution in [0.15, 0.2) is 23.8 Å². The Bertz CT molecular complexity index is 889. The maximum absolute atomic E-state index is 12.8. The van der Waals surface area contributed by atoms with Gasteiger partial charge in [0.05, 0.1) is 6.10 Å². The van der Waals surface area contributed by atoms with E-state index in [9.17, 15) is 24.4 Å². The predicted octanol–water partition coefficient (Wildman–Crippen LogP) is 1.67. The molecule has 0 aromatic rings. The Balaban J connectivity index is 1.65. The molecule has 4 rings (SSSR count). The highest BCUT2D eigenvalue weighted by Crippen LogP contribution is 2.67. The second-order valence-corrected chi connectivity index (χ2v) is 11.0. The zero-order valence-corrected chi connectivity index (χ0v) is 18.0. The Morgan fingerprint density at radius 2 is 2.00 bits per heavy atom. The van der Waals surface area contributed by atoms with E-state index >= 15 is 0 Å². The summed E-state index contributed by atoms with van der Waals surface area (Å²) in [6.07, 6.45) is 6.76. The fraction of sp³-hybridized carbons (Fsp3) is 0.714. The molecule has 0 saturated heterocycles. The third-order valence-corrected chi connectivity index (χ3v) is 8.94. The average Bonchev–Trinajstić information content (AvgIpc) is 2.91. The third-order valence-electron chi connectivity index (χ3n) is 8.47. The molecule has 0 heterocycles.